The second-order valence-corrected chi connectivity index (χ2v) is 5.04. The molecular formula is C16H18ClNO. The van der Waals surface area contributed by atoms with Crippen molar-refractivity contribution in [3.63, 3.8) is 0 Å². The molecule has 100 valence electrons. The number of aliphatic hydroxyl groups excluding tert-OH is 1. The predicted octanol–water partition coefficient (Wildman–Crippen LogP) is 3.72. The number of halogens is 1. The summed E-state index contributed by atoms with van der Waals surface area (Å²) in [6, 6.07) is 17.6. The van der Waals surface area contributed by atoms with Crippen molar-refractivity contribution in [3.05, 3.63) is 70.7 Å². The fraction of sp³-hybridized carbons (Fsp3) is 0.250. The van der Waals surface area contributed by atoms with Gasteiger partial charge >= 0.3 is 0 Å². The first-order valence-corrected chi connectivity index (χ1v) is 6.76. The van der Waals surface area contributed by atoms with Gasteiger partial charge in [0, 0.05) is 17.6 Å². The van der Waals surface area contributed by atoms with Gasteiger partial charge in [0.05, 0.1) is 6.10 Å². The molecule has 2 aromatic rings. The molecule has 3 heteroatoms. The smallest absolute Gasteiger partial charge is 0.0914 e. The van der Waals surface area contributed by atoms with Gasteiger partial charge in [-0.1, -0.05) is 54.1 Å². The van der Waals surface area contributed by atoms with Gasteiger partial charge in [-0.05, 0) is 30.2 Å². The summed E-state index contributed by atoms with van der Waals surface area (Å²) in [6.07, 6.45) is -0.490. The molecule has 0 heterocycles. The number of nitrogens with one attached hydrogen (secondary N) is 1. The SMILES string of the molecule is CC(NCC(O)c1ccccc1)c1ccc(Cl)cc1. The molecule has 0 amide bonds. The fourth-order valence-electron chi connectivity index (χ4n) is 1.95. The van der Waals surface area contributed by atoms with E-state index in [2.05, 4.69) is 12.2 Å². The Morgan fingerprint density at radius 3 is 2.26 bits per heavy atom. The van der Waals surface area contributed by atoms with Crippen molar-refractivity contribution >= 4 is 11.6 Å². The van der Waals surface area contributed by atoms with Crippen molar-refractivity contribution in [2.75, 3.05) is 6.54 Å². The molecule has 0 saturated carbocycles. The van der Waals surface area contributed by atoms with Crippen LogP contribution in [0.1, 0.15) is 30.2 Å². The van der Waals surface area contributed by atoms with E-state index >= 15 is 0 Å². The molecular weight excluding hydrogens is 258 g/mol. The number of hydrogen-bond acceptors (Lipinski definition) is 2. The summed E-state index contributed by atoms with van der Waals surface area (Å²) in [7, 11) is 0. The first kappa shape index (κ1) is 14.1. The molecule has 0 spiro atoms. The molecule has 2 unspecified atom stereocenters. The van der Waals surface area contributed by atoms with Crippen LogP contribution in [0.5, 0.6) is 0 Å². The van der Waals surface area contributed by atoms with E-state index < -0.39 is 6.10 Å². The van der Waals surface area contributed by atoms with Crippen LogP contribution in [0.4, 0.5) is 0 Å². The van der Waals surface area contributed by atoms with Crippen LogP contribution in [-0.2, 0) is 0 Å². The number of aliphatic hydroxyl groups is 1. The molecule has 0 aromatic heterocycles. The summed E-state index contributed by atoms with van der Waals surface area (Å²) in [5, 5.41) is 14.1. The average Bonchev–Trinajstić information content (AvgIpc) is 2.46. The van der Waals surface area contributed by atoms with Crippen LogP contribution in [0.25, 0.3) is 0 Å². The number of benzene rings is 2. The van der Waals surface area contributed by atoms with Crippen LogP contribution < -0.4 is 5.32 Å². The fourth-order valence-corrected chi connectivity index (χ4v) is 2.08. The quantitative estimate of drug-likeness (QED) is 0.872. The van der Waals surface area contributed by atoms with E-state index in [-0.39, 0.29) is 6.04 Å². The van der Waals surface area contributed by atoms with Crippen LogP contribution in [-0.4, -0.2) is 11.7 Å². The molecule has 0 bridgehead atoms. The lowest BCUT2D eigenvalue weighted by atomic mass is 10.1. The maximum atomic E-state index is 10.1. The molecule has 2 rings (SSSR count). The van der Waals surface area contributed by atoms with Crippen molar-refractivity contribution in [2.45, 2.75) is 19.1 Å². The highest BCUT2D eigenvalue weighted by molar-refractivity contribution is 6.30. The molecule has 0 aliphatic rings. The van der Waals surface area contributed by atoms with Crippen LogP contribution in [0.3, 0.4) is 0 Å². The largest absolute Gasteiger partial charge is 0.387 e. The Morgan fingerprint density at radius 2 is 1.63 bits per heavy atom. The molecule has 0 aliphatic carbocycles. The Bertz CT molecular complexity index is 498. The molecule has 2 N–H and O–H groups in total. The Morgan fingerprint density at radius 1 is 1.00 bits per heavy atom. The third-order valence-corrected chi connectivity index (χ3v) is 3.42. The normalized spacial score (nSPS) is 14.1. The third kappa shape index (κ3) is 4.06. The van der Waals surface area contributed by atoms with Crippen molar-refractivity contribution < 1.29 is 5.11 Å². The van der Waals surface area contributed by atoms with Gasteiger partial charge in [0.1, 0.15) is 0 Å². The van der Waals surface area contributed by atoms with Gasteiger partial charge in [-0.15, -0.1) is 0 Å². The summed E-state index contributed by atoms with van der Waals surface area (Å²) in [5.74, 6) is 0. The molecule has 0 aliphatic heterocycles. The van der Waals surface area contributed by atoms with Crippen LogP contribution in [0.2, 0.25) is 5.02 Å². The topological polar surface area (TPSA) is 32.3 Å². The predicted molar refractivity (Wildman–Crippen MR) is 79.3 cm³/mol. The zero-order valence-electron chi connectivity index (χ0n) is 10.9. The first-order valence-electron chi connectivity index (χ1n) is 6.38. The minimum Gasteiger partial charge on any atom is -0.387 e. The minimum atomic E-state index is -0.490. The van der Waals surface area contributed by atoms with Gasteiger partial charge < -0.3 is 10.4 Å². The molecule has 0 saturated heterocycles. The lowest BCUT2D eigenvalue weighted by Gasteiger charge is -2.17. The van der Waals surface area contributed by atoms with Gasteiger partial charge in [0.15, 0.2) is 0 Å². The second kappa shape index (κ2) is 6.71. The monoisotopic (exact) mass is 275 g/mol. The maximum Gasteiger partial charge on any atom is 0.0914 e. The van der Waals surface area contributed by atoms with Crippen molar-refractivity contribution in [3.8, 4) is 0 Å². The molecule has 2 aromatic carbocycles. The molecule has 0 radical (unpaired) electrons. The minimum absolute atomic E-state index is 0.177. The molecule has 2 nitrogen and oxygen atoms in total. The molecule has 19 heavy (non-hydrogen) atoms. The van der Waals surface area contributed by atoms with E-state index in [0.29, 0.717) is 6.54 Å². The Balaban J connectivity index is 1.90. The molecule has 0 fully saturated rings. The van der Waals surface area contributed by atoms with E-state index in [0.717, 1.165) is 16.1 Å². The lowest BCUT2D eigenvalue weighted by Crippen LogP contribution is -2.24. The van der Waals surface area contributed by atoms with Gasteiger partial charge in [-0.3, -0.25) is 0 Å². The highest BCUT2D eigenvalue weighted by Gasteiger charge is 2.10. The van der Waals surface area contributed by atoms with Crippen LogP contribution in [0.15, 0.2) is 54.6 Å². The zero-order valence-corrected chi connectivity index (χ0v) is 11.6. The van der Waals surface area contributed by atoms with E-state index in [9.17, 15) is 5.11 Å². The van der Waals surface area contributed by atoms with Crippen LogP contribution in [0, 0.1) is 0 Å². The number of hydrogen-bond donors (Lipinski definition) is 2. The second-order valence-electron chi connectivity index (χ2n) is 4.61. The summed E-state index contributed by atoms with van der Waals surface area (Å²) in [5.41, 5.74) is 2.09. The van der Waals surface area contributed by atoms with Crippen molar-refractivity contribution in [1.29, 1.82) is 0 Å². The Kier molecular flexibility index (Phi) is 4.97. The van der Waals surface area contributed by atoms with Crippen LogP contribution >= 0.6 is 11.6 Å². The Hall–Kier alpha value is -1.35. The van der Waals surface area contributed by atoms with Crippen molar-refractivity contribution in [2.24, 2.45) is 0 Å². The van der Waals surface area contributed by atoms with Gasteiger partial charge in [-0.2, -0.15) is 0 Å². The molecule has 2 atom stereocenters. The van der Waals surface area contributed by atoms with Gasteiger partial charge in [-0.25, -0.2) is 0 Å². The van der Waals surface area contributed by atoms with Gasteiger partial charge in [0.2, 0.25) is 0 Å². The zero-order chi connectivity index (χ0) is 13.7. The van der Waals surface area contributed by atoms with E-state index in [1.54, 1.807) is 0 Å². The summed E-state index contributed by atoms with van der Waals surface area (Å²) in [4.78, 5) is 0. The highest BCUT2D eigenvalue weighted by atomic mass is 35.5. The van der Waals surface area contributed by atoms with Gasteiger partial charge in [0.25, 0.3) is 0 Å². The first-order chi connectivity index (χ1) is 9.16. The summed E-state index contributed by atoms with van der Waals surface area (Å²) < 4.78 is 0. The van der Waals surface area contributed by atoms with E-state index in [4.69, 9.17) is 11.6 Å². The van der Waals surface area contributed by atoms with Crippen molar-refractivity contribution in [1.82, 2.24) is 5.32 Å². The Labute approximate surface area is 119 Å². The third-order valence-electron chi connectivity index (χ3n) is 3.17. The van der Waals surface area contributed by atoms with E-state index in [1.165, 1.54) is 0 Å². The lowest BCUT2D eigenvalue weighted by molar-refractivity contribution is 0.171. The van der Waals surface area contributed by atoms with E-state index in [1.807, 2.05) is 54.6 Å². The number of rotatable bonds is 5. The highest BCUT2D eigenvalue weighted by Crippen LogP contribution is 2.17. The standard InChI is InChI=1S/C16H18ClNO/c1-12(13-7-9-15(17)10-8-13)18-11-16(19)14-5-3-2-4-6-14/h2-10,12,16,18-19H,11H2,1H3. The summed E-state index contributed by atoms with van der Waals surface area (Å²) in [6.45, 7) is 2.59. The summed E-state index contributed by atoms with van der Waals surface area (Å²) >= 11 is 5.86. The average molecular weight is 276 g/mol. The maximum absolute atomic E-state index is 10.1.